The zero-order valence-corrected chi connectivity index (χ0v) is 13.4. The van der Waals surface area contributed by atoms with Crippen LogP contribution in [0, 0.1) is 0 Å². The number of carbonyl (C=O) groups is 2. The van der Waals surface area contributed by atoms with Crippen LogP contribution < -0.4 is 15.8 Å². The van der Waals surface area contributed by atoms with Crippen molar-refractivity contribution in [2.75, 3.05) is 24.3 Å². The number of anilines is 2. The van der Waals surface area contributed by atoms with Gasteiger partial charge in [-0.2, -0.15) is 0 Å². The van der Waals surface area contributed by atoms with E-state index in [0.29, 0.717) is 34.8 Å². The van der Waals surface area contributed by atoms with Gasteiger partial charge in [0.15, 0.2) is 0 Å². The number of hydrogen-bond donors (Lipinski definition) is 2. The standard InChI is InChI=1S/C16H18N4O4/c1-3-23-13-8-11-10(16(17)19-9-18-11)7-12(13)20-14(21)5-6-15(22)24-4-2/h5-9H,3-4H2,1-2H3,(H,20,21)(H2,17,18,19)/b6-5+. The first-order chi connectivity index (χ1) is 11.5. The first-order valence-electron chi connectivity index (χ1n) is 7.38. The first-order valence-corrected chi connectivity index (χ1v) is 7.38. The van der Waals surface area contributed by atoms with Gasteiger partial charge in [0.25, 0.3) is 0 Å². The molecule has 2 aromatic rings. The molecule has 1 amide bonds. The fraction of sp³-hybridized carbons (Fsp3) is 0.250. The summed E-state index contributed by atoms with van der Waals surface area (Å²) in [5.41, 5.74) is 6.84. The highest BCUT2D eigenvalue weighted by molar-refractivity contribution is 6.05. The van der Waals surface area contributed by atoms with Crippen molar-refractivity contribution in [3.63, 3.8) is 0 Å². The lowest BCUT2D eigenvalue weighted by Crippen LogP contribution is -2.11. The van der Waals surface area contributed by atoms with Crippen molar-refractivity contribution in [1.82, 2.24) is 9.97 Å². The summed E-state index contributed by atoms with van der Waals surface area (Å²) >= 11 is 0. The molecule has 0 radical (unpaired) electrons. The summed E-state index contributed by atoms with van der Waals surface area (Å²) in [6.45, 7) is 4.16. The average Bonchev–Trinajstić information content (AvgIpc) is 2.55. The minimum atomic E-state index is -0.589. The number of amides is 1. The third-order valence-corrected chi connectivity index (χ3v) is 2.98. The van der Waals surface area contributed by atoms with Gasteiger partial charge in [-0.1, -0.05) is 0 Å². The predicted octanol–water partition coefficient (Wildman–Crippen LogP) is 1.67. The zero-order chi connectivity index (χ0) is 17.5. The number of aromatic nitrogens is 2. The summed E-state index contributed by atoms with van der Waals surface area (Å²) in [6.07, 6.45) is 3.49. The minimum Gasteiger partial charge on any atom is -0.492 e. The molecule has 0 saturated carbocycles. The van der Waals surface area contributed by atoms with E-state index in [2.05, 4.69) is 15.3 Å². The summed E-state index contributed by atoms with van der Waals surface area (Å²) in [6, 6.07) is 3.30. The van der Waals surface area contributed by atoms with Crippen LogP contribution in [0.5, 0.6) is 5.75 Å². The van der Waals surface area contributed by atoms with E-state index < -0.39 is 11.9 Å². The molecule has 0 aliphatic rings. The van der Waals surface area contributed by atoms with E-state index in [9.17, 15) is 9.59 Å². The monoisotopic (exact) mass is 330 g/mol. The number of carbonyl (C=O) groups excluding carboxylic acids is 2. The van der Waals surface area contributed by atoms with Crippen LogP contribution in [-0.4, -0.2) is 35.1 Å². The summed E-state index contributed by atoms with van der Waals surface area (Å²) in [4.78, 5) is 31.3. The molecular weight excluding hydrogens is 312 g/mol. The average molecular weight is 330 g/mol. The topological polar surface area (TPSA) is 116 Å². The van der Waals surface area contributed by atoms with Gasteiger partial charge in [0.05, 0.1) is 24.4 Å². The van der Waals surface area contributed by atoms with Crippen molar-refractivity contribution in [3.05, 3.63) is 30.6 Å². The van der Waals surface area contributed by atoms with E-state index in [1.165, 1.54) is 6.33 Å². The number of rotatable bonds is 6. The number of nitrogens with one attached hydrogen (secondary N) is 1. The van der Waals surface area contributed by atoms with Gasteiger partial charge in [0.1, 0.15) is 17.9 Å². The Morgan fingerprint density at radius 1 is 1.21 bits per heavy atom. The van der Waals surface area contributed by atoms with Gasteiger partial charge in [-0.15, -0.1) is 0 Å². The molecule has 0 bridgehead atoms. The van der Waals surface area contributed by atoms with Crippen LogP contribution in [0.1, 0.15) is 13.8 Å². The minimum absolute atomic E-state index is 0.239. The van der Waals surface area contributed by atoms with Crippen molar-refractivity contribution < 1.29 is 19.1 Å². The number of benzene rings is 1. The van der Waals surface area contributed by atoms with E-state index in [1.54, 1.807) is 19.1 Å². The molecule has 0 fully saturated rings. The van der Waals surface area contributed by atoms with Gasteiger partial charge in [0, 0.05) is 23.6 Å². The number of fused-ring (bicyclic) bond motifs is 1. The van der Waals surface area contributed by atoms with E-state index >= 15 is 0 Å². The molecule has 126 valence electrons. The van der Waals surface area contributed by atoms with Crippen molar-refractivity contribution in [1.29, 1.82) is 0 Å². The van der Waals surface area contributed by atoms with Gasteiger partial charge in [-0.05, 0) is 19.9 Å². The smallest absolute Gasteiger partial charge is 0.330 e. The van der Waals surface area contributed by atoms with Crippen LogP contribution in [0.15, 0.2) is 30.6 Å². The number of nitrogens with two attached hydrogens (primary N) is 1. The Kier molecular flexibility index (Phi) is 5.67. The molecule has 0 spiro atoms. The molecule has 0 saturated heterocycles. The molecule has 0 atom stereocenters. The lowest BCUT2D eigenvalue weighted by molar-refractivity contribution is -0.137. The molecule has 8 nitrogen and oxygen atoms in total. The maximum absolute atomic E-state index is 12.0. The van der Waals surface area contributed by atoms with Crippen LogP contribution in [0.3, 0.4) is 0 Å². The maximum Gasteiger partial charge on any atom is 0.330 e. The second kappa shape index (κ2) is 7.91. The Morgan fingerprint density at radius 2 is 2.00 bits per heavy atom. The third kappa shape index (κ3) is 4.19. The second-order valence-electron chi connectivity index (χ2n) is 4.63. The highest BCUT2D eigenvalue weighted by Gasteiger charge is 2.11. The largest absolute Gasteiger partial charge is 0.492 e. The van der Waals surface area contributed by atoms with Crippen molar-refractivity contribution in [3.8, 4) is 5.75 Å². The van der Waals surface area contributed by atoms with Crippen LogP contribution in [0.4, 0.5) is 11.5 Å². The molecule has 3 N–H and O–H groups in total. The molecule has 0 aliphatic carbocycles. The normalized spacial score (nSPS) is 10.8. The van der Waals surface area contributed by atoms with E-state index in [1.807, 2.05) is 6.92 Å². The number of ether oxygens (including phenoxy) is 2. The third-order valence-electron chi connectivity index (χ3n) is 2.98. The number of hydrogen-bond acceptors (Lipinski definition) is 7. The fourth-order valence-electron chi connectivity index (χ4n) is 1.98. The Hall–Kier alpha value is -3.16. The van der Waals surface area contributed by atoms with E-state index in [0.717, 1.165) is 12.2 Å². The van der Waals surface area contributed by atoms with Crippen molar-refractivity contribution in [2.45, 2.75) is 13.8 Å². The van der Waals surface area contributed by atoms with Crippen LogP contribution in [0.2, 0.25) is 0 Å². The first kappa shape index (κ1) is 17.2. The molecule has 1 heterocycles. The maximum atomic E-state index is 12.0. The van der Waals surface area contributed by atoms with E-state index in [-0.39, 0.29) is 6.61 Å². The summed E-state index contributed by atoms with van der Waals surface area (Å²) in [5.74, 6) is -0.353. The highest BCUT2D eigenvalue weighted by Crippen LogP contribution is 2.31. The molecule has 0 aliphatic heterocycles. The Labute approximate surface area is 138 Å². The molecule has 1 aromatic carbocycles. The molecule has 24 heavy (non-hydrogen) atoms. The molecule has 8 heteroatoms. The highest BCUT2D eigenvalue weighted by atomic mass is 16.5. The number of nitrogens with zero attached hydrogens (tertiary/aromatic N) is 2. The van der Waals surface area contributed by atoms with Gasteiger partial charge < -0.3 is 20.5 Å². The number of esters is 1. The second-order valence-corrected chi connectivity index (χ2v) is 4.63. The summed E-state index contributed by atoms with van der Waals surface area (Å²) < 4.78 is 10.2. The van der Waals surface area contributed by atoms with Gasteiger partial charge in [-0.25, -0.2) is 14.8 Å². The Morgan fingerprint density at radius 3 is 2.71 bits per heavy atom. The lowest BCUT2D eigenvalue weighted by Gasteiger charge is -2.12. The molecule has 2 rings (SSSR count). The SMILES string of the molecule is CCOC(=O)/C=C/C(=O)Nc1cc2c(N)ncnc2cc1OCC. The molecule has 1 aromatic heterocycles. The Bertz CT molecular complexity index is 789. The summed E-state index contributed by atoms with van der Waals surface area (Å²) in [5, 5.41) is 3.23. The quantitative estimate of drug-likeness (QED) is 0.611. The van der Waals surface area contributed by atoms with Crippen molar-refractivity contribution in [2.24, 2.45) is 0 Å². The summed E-state index contributed by atoms with van der Waals surface area (Å²) in [7, 11) is 0. The van der Waals surface area contributed by atoms with Crippen LogP contribution in [-0.2, 0) is 14.3 Å². The zero-order valence-electron chi connectivity index (χ0n) is 13.4. The van der Waals surface area contributed by atoms with E-state index in [4.69, 9.17) is 15.2 Å². The van der Waals surface area contributed by atoms with Crippen LogP contribution in [0.25, 0.3) is 10.9 Å². The van der Waals surface area contributed by atoms with Crippen molar-refractivity contribution >= 4 is 34.3 Å². The van der Waals surface area contributed by atoms with Crippen LogP contribution >= 0.6 is 0 Å². The molecule has 0 unspecified atom stereocenters. The van der Waals surface area contributed by atoms with Gasteiger partial charge in [0.2, 0.25) is 5.91 Å². The molecular formula is C16H18N4O4. The Balaban J connectivity index is 2.29. The number of nitrogen functional groups attached to an aromatic ring is 1. The van der Waals surface area contributed by atoms with Gasteiger partial charge >= 0.3 is 5.97 Å². The lowest BCUT2D eigenvalue weighted by atomic mass is 10.2. The van der Waals surface area contributed by atoms with Gasteiger partial charge in [-0.3, -0.25) is 4.79 Å². The predicted molar refractivity (Wildman–Crippen MR) is 89.5 cm³/mol. The fourth-order valence-corrected chi connectivity index (χ4v) is 1.98.